The van der Waals surface area contributed by atoms with Gasteiger partial charge in [0.2, 0.25) is 0 Å². The van der Waals surface area contributed by atoms with Crippen molar-refractivity contribution in [3.8, 4) is 0 Å². The minimum absolute atomic E-state index is 0.0479. The summed E-state index contributed by atoms with van der Waals surface area (Å²) in [7, 11) is 0. The third-order valence-electron chi connectivity index (χ3n) is 1.56. The van der Waals surface area contributed by atoms with E-state index in [4.69, 9.17) is 9.52 Å². The zero-order chi connectivity index (χ0) is 9.19. The molecule has 0 aliphatic carbocycles. The van der Waals surface area contributed by atoms with Gasteiger partial charge in [0, 0.05) is 18.4 Å². The Morgan fingerprint density at radius 3 is 2.58 bits per heavy atom. The summed E-state index contributed by atoms with van der Waals surface area (Å²) < 4.78 is 5.26. The molecule has 0 fully saturated rings. The van der Waals surface area contributed by atoms with E-state index in [2.05, 4.69) is 4.98 Å². The van der Waals surface area contributed by atoms with Gasteiger partial charge < -0.3 is 9.52 Å². The van der Waals surface area contributed by atoms with Crippen molar-refractivity contribution in [2.45, 2.75) is 32.6 Å². The van der Waals surface area contributed by atoms with E-state index in [0.29, 0.717) is 6.42 Å². The standard InChI is InChI=1S/C9H15NO2/c1-9(2,3)8-10-7(4-5-11)6-12-8/h6,11H,4-5H2,1-3H3. The van der Waals surface area contributed by atoms with Gasteiger partial charge in [-0.25, -0.2) is 4.98 Å². The summed E-state index contributed by atoms with van der Waals surface area (Å²) in [6.07, 6.45) is 2.18. The minimum Gasteiger partial charge on any atom is -0.448 e. The highest BCUT2D eigenvalue weighted by Crippen LogP contribution is 2.20. The quantitative estimate of drug-likeness (QED) is 0.729. The third-order valence-corrected chi connectivity index (χ3v) is 1.56. The maximum atomic E-state index is 8.65. The number of nitrogens with zero attached hydrogens (tertiary/aromatic N) is 1. The van der Waals surface area contributed by atoms with Gasteiger partial charge >= 0.3 is 0 Å². The molecule has 0 aliphatic rings. The number of hydrogen-bond donors (Lipinski definition) is 1. The van der Waals surface area contributed by atoms with E-state index in [1.165, 1.54) is 0 Å². The normalized spacial score (nSPS) is 12.0. The molecule has 68 valence electrons. The van der Waals surface area contributed by atoms with Crippen molar-refractivity contribution >= 4 is 0 Å². The Morgan fingerprint density at radius 1 is 1.50 bits per heavy atom. The second-order valence-corrected chi connectivity index (χ2v) is 3.87. The lowest BCUT2D eigenvalue weighted by Crippen LogP contribution is -2.11. The molecule has 0 aromatic carbocycles. The highest BCUT2D eigenvalue weighted by Gasteiger charge is 2.19. The molecule has 0 spiro atoms. The lowest BCUT2D eigenvalue weighted by atomic mass is 9.97. The Kier molecular flexibility index (Phi) is 2.52. The molecule has 3 heteroatoms. The number of aliphatic hydroxyl groups is 1. The Hall–Kier alpha value is -0.830. The van der Waals surface area contributed by atoms with Gasteiger partial charge in [-0.2, -0.15) is 0 Å². The average Bonchev–Trinajstić information content (AvgIpc) is 2.35. The molecule has 1 aromatic heterocycles. The van der Waals surface area contributed by atoms with Crippen LogP contribution < -0.4 is 0 Å². The number of hydrogen-bond acceptors (Lipinski definition) is 3. The van der Waals surface area contributed by atoms with Gasteiger partial charge in [-0.15, -0.1) is 0 Å². The molecule has 12 heavy (non-hydrogen) atoms. The van der Waals surface area contributed by atoms with Crippen LogP contribution in [0, 0.1) is 0 Å². The molecule has 1 heterocycles. The number of aliphatic hydroxyl groups excluding tert-OH is 1. The molecule has 0 amide bonds. The van der Waals surface area contributed by atoms with E-state index in [0.717, 1.165) is 11.6 Å². The maximum Gasteiger partial charge on any atom is 0.199 e. The first-order valence-corrected chi connectivity index (χ1v) is 4.10. The Balaban J connectivity index is 2.77. The Bertz CT molecular complexity index is 247. The number of rotatable bonds is 2. The van der Waals surface area contributed by atoms with Crippen LogP contribution in [0.2, 0.25) is 0 Å². The minimum atomic E-state index is -0.0479. The summed E-state index contributed by atoms with van der Waals surface area (Å²) in [5, 5.41) is 8.65. The summed E-state index contributed by atoms with van der Waals surface area (Å²) in [6, 6.07) is 0. The molecule has 0 saturated carbocycles. The zero-order valence-corrected chi connectivity index (χ0v) is 7.79. The first kappa shape index (κ1) is 9.26. The predicted octanol–water partition coefficient (Wildman–Crippen LogP) is 1.51. The molecule has 0 atom stereocenters. The molecule has 0 saturated heterocycles. The van der Waals surface area contributed by atoms with Gasteiger partial charge in [0.1, 0.15) is 6.26 Å². The van der Waals surface area contributed by atoms with E-state index < -0.39 is 0 Å². The van der Waals surface area contributed by atoms with Gasteiger partial charge in [-0.3, -0.25) is 0 Å². The first-order chi connectivity index (χ1) is 5.54. The molecule has 0 unspecified atom stereocenters. The van der Waals surface area contributed by atoms with Crippen LogP contribution in [0.25, 0.3) is 0 Å². The zero-order valence-electron chi connectivity index (χ0n) is 7.79. The fourth-order valence-electron chi connectivity index (χ4n) is 0.881. The van der Waals surface area contributed by atoms with Crippen molar-refractivity contribution < 1.29 is 9.52 Å². The van der Waals surface area contributed by atoms with Crippen molar-refractivity contribution in [3.05, 3.63) is 17.8 Å². The maximum absolute atomic E-state index is 8.65. The molecule has 3 nitrogen and oxygen atoms in total. The first-order valence-electron chi connectivity index (χ1n) is 4.10. The molecule has 1 rings (SSSR count). The fraction of sp³-hybridized carbons (Fsp3) is 0.667. The van der Waals surface area contributed by atoms with Crippen molar-refractivity contribution in [1.29, 1.82) is 0 Å². The molecule has 0 radical (unpaired) electrons. The molecule has 1 N–H and O–H groups in total. The van der Waals surface area contributed by atoms with Crippen LogP contribution in [0.4, 0.5) is 0 Å². The monoisotopic (exact) mass is 169 g/mol. The summed E-state index contributed by atoms with van der Waals surface area (Å²) in [4.78, 5) is 4.24. The van der Waals surface area contributed by atoms with Crippen LogP contribution in [-0.4, -0.2) is 16.7 Å². The van der Waals surface area contributed by atoms with Crippen LogP contribution in [-0.2, 0) is 11.8 Å². The predicted molar refractivity (Wildman–Crippen MR) is 46.0 cm³/mol. The SMILES string of the molecule is CC(C)(C)c1nc(CCO)co1. The van der Waals surface area contributed by atoms with Crippen LogP contribution in [0.1, 0.15) is 32.4 Å². The van der Waals surface area contributed by atoms with E-state index in [9.17, 15) is 0 Å². The second kappa shape index (κ2) is 3.27. The van der Waals surface area contributed by atoms with Crippen molar-refractivity contribution in [2.75, 3.05) is 6.61 Å². The van der Waals surface area contributed by atoms with E-state index in [-0.39, 0.29) is 12.0 Å². The van der Waals surface area contributed by atoms with Crippen LogP contribution in [0.3, 0.4) is 0 Å². The summed E-state index contributed by atoms with van der Waals surface area (Å²) in [5.74, 6) is 0.728. The van der Waals surface area contributed by atoms with Gasteiger partial charge in [-0.1, -0.05) is 20.8 Å². The summed E-state index contributed by atoms with van der Waals surface area (Å²) in [6.45, 7) is 6.25. The molecular weight excluding hydrogens is 154 g/mol. The van der Waals surface area contributed by atoms with E-state index in [1.54, 1.807) is 6.26 Å². The Morgan fingerprint density at radius 2 is 2.17 bits per heavy atom. The lowest BCUT2D eigenvalue weighted by Gasteiger charge is -2.11. The topological polar surface area (TPSA) is 46.3 Å². The number of oxazole rings is 1. The largest absolute Gasteiger partial charge is 0.448 e. The van der Waals surface area contributed by atoms with Crippen LogP contribution in [0.15, 0.2) is 10.7 Å². The highest BCUT2D eigenvalue weighted by atomic mass is 16.3. The third kappa shape index (κ3) is 2.08. The molecule has 1 aromatic rings. The van der Waals surface area contributed by atoms with Gasteiger partial charge in [0.25, 0.3) is 0 Å². The van der Waals surface area contributed by atoms with Crippen LogP contribution in [0.5, 0.6) is 0 Å². The molecule has 0 bridgehead atoms. The molecular formula is C9H15NO2. The summed E-state index contributed by atoms with van der Waals surface area (Å²) in [5.41, 5.74) is 0.774. The van der Waals surface area contributed by atoms with Crippen molar-refractivity contribution in [2.24, 2.45) is 0 Å². The van der Waals surface area contributed by atoms with Crippen molar-refractivity contribution in [3.63, 3.8) is 0 Å². The van der Waals surface area contributed by atoms with Gasteiger partial charge in [0.05, 0.1) is 5.69 Å². The van der Waals surface area contributed by atoms with Crippen molar-refractivity contribution in [1.82, 2.24) is 4.98 Å². The van der Waals surface area contributed by atoms with E-state index in [1.807, 2.05) is 20.8 Å². The van der Waals surface area contributed by atoms with Crippen LogP contribution >= 0.6 is 0 Å². The van der Waals surface area contributed by atoms with E-state index >= 15 is 0 Å². The Labute approximate surface area is 72.4 Å². The average molecular weight is 169 g/mol. The smallest absolute Gasteiger partial charge is 0.199 e. The second-order valence-electron chi connectivity index (χ2n) is 3.87. The van der Waals surface area contributed by atoms with Gasteiger partial charge in [-0.05, 0) is 0 Å². The van der Waals surface area contributed by atoms with Gasteiger partial charge in [0.15, 0.2) is 5.89 Å². The highest BCUT2D eigenvalue weighted by molar-refractivity contribution is 5.03. The molecule has 0 aliphatic heterocycles. The lowest BCUT2D eigenvalue weighted by molar-refractivity contribution is 0.298. The fourth-order valence-corrected chi connectivity index (χ4v) is 0.881. The summed E-state index contributed by atoms with van der Waals surface area (Å²) >= 11 is 0. The number of aromatic nitrogens is 1.